The van der Waals surface area contributed by atoms with Gasteiger partial charge in [-0.15, -0.1) is 0 Å². The van der Waals surface area contributed by atoms with Gasteiger partial charge in [0.15, 0.2) is 5.75 Å². The molecule has 22 heavy (non-hydrogen) atoms. The van der Waals surface area contributed by atoms with Gasteiger partial charge in [0.2, 0.25) is 0 Å². The quantitative estimate of drug-likeness (QED) is 0.623. The summed E-state index contributed by atoms with van der Waals surface area (Å²) in [5.74, 6) is 1.04. The van der Waals surface area contributed by atoms with Crippen molar-refractivity contribution in [2.75, 3.05) is 0 Å². The number of aromatic nitrogens is 1. The van der Waals surface area contributed by atoms with Crippen LogP contribution in [0.15, 0.2) is 42.6 Å². The molecule has 0 fully saturated rings. The first kappa shape index (κ1) is 16.3. The van der Waals surface area contributed by atoms with Crippen LogP contribution < -0.4 is 4.74 Å². The molecule has 0 spiro atoms. The lowest BCUT2D eigenvalue weighted by Crippen LogP contribution is -1.92. The van der Waals surface area contributed by atoms with Gasteiger partial charge >= 0.3 is 0 Å². The summed E-state index contributed by atoms with van der Waals surface area (Å²) in [6.07, 6.45) is 10.4. The third-order valence-electron chi connectivity index (χ3n) is 3.67. The predicted molar refractivity (Wildman–Crippen MR) is 89.5 cm³/mol. The van der Waals surface area contributed by atoms with Crippen LogP contribution in [-0.2, 0) is 6.42 Å². The maximum absolute atomic E-state index is 10.0. The van der Waals surface area contributed by atoms with Crippen LogP contribution in [0.1, 0.15) is 51.0 Å². The van der Waals surface area contributed by atoms with Crippen molar-refractivity contribution in [3.63, 3.8) is 0 Å². The number of aromatic hydroxyl groups is 1. The van der Waals surface area contributed by atoms with Crippen molar-refractivity contribution in [1.82, 2.24) is 4.98 Å². The number of ether oxygens (including phenoxy) is 1. The van der Waals surface area contributed by atoms with Gasteiger partial charge in [-0.3, -0.25) is 0 Å². The van der Waals surface area contributed by atoms with Crippen molar-refractivity contribution < 1.29 is 9.84 Å². The van der Waals surface area contributed by atoms with Gasteiger partial charge in [0.25, 0.3) is 5.88 Å². The van der Waals surface area contributed by atoms with Crippen LogP contribution in [0.2, 0.25) is 0 Å². The molecule has 0 saturated heterocycles. The predicted octanol–water partition coefficient (Wildman–Crippen LogP) is 5.48. The zero-order valence-electron chi connectivity index (χ0n) is 13.3. The van der Waals surface area contributed by atoms with Crippen LogP contribution in [0.4, 0.5) is 0 Å². The highest BCUT2D eigenvalue weighted by molar-refractivity contribution is 5.38. The summed E-state index contributed by atoms with van der Waals surface area (Å²) in [5.41, 5.74) is 1.06. The van der Waals surface area contributed by atoms with E-state index >= 15 is 0 Å². The number of benzene rings is 1. The molecule has 1 aromatic heterocycles. The van der Waals surface area contributed by atoms with Crippen molar-refractivity contribution in [3.05, 3.63) is 48.2 Å². The lowest BCUT2D eigenvalue weighted by Gasteiger charge is -2.08. The first-order chi connectivity index (χ1) is 10.8. The molecule has 1 N–H and O–H groups in total. The van der Waals surface area contributed by atoms with Gasteiger partial charge in [-0.05, 0) is 36.6 Å². The molecule has 2 rings (SSSR count). The van der Waals surface area contributed by atoms with Crippen LogP contribution in [0, 0.1) is 0 Å². The molecule has 0 atom stereocenters. The van der Waals surface area contributed by atoms with Crippen LogP contribution in [-0.4, -0.2) is 10.1 Å². The van der Waals surface area contributed by atoms with Gasteiger partial charge < -0.3 is 9.84 Å². The van der Waals surface area contributed by atoms with E-state index in [4.69, 9.17) is 4.74 Å². The fraction of sp³-hybridized carbons (Fsp3) is 0.421. The molecule has 0 aliphatic carbocycles. The molecule has 2 aromatic rings. The smallest absolute Gasteiger partial charge is 0.262 e. The largest absolute Gasteiger partial charge is 0.503 e. The molecule has 0 unspecified atom stereocenters. The maximum atomic E-state index is 10.0. The Kier molecular flexibility index (Phi) is 6.75. The Bertz CT molecular complexity index is 555. The third-order valence-corrected chi connectivity index (χ3v) is 3.67. The van der Waals surface area contributed by atoms with Crippen molar-refractivity contribution in [1.29, 1.82) is 0 Å². The summed E-state index contributed by atoms with van der Waals surface area (Å²) in [6.45, 7) is 2.23. The second-order valence-electron chi connectivity index (χ2n) is 5.60. The van der Waals surface area contributed by atoms with Gasteiger partial charge in [0.05, 0.1) is 0 Å². The summed E-state index contributed by atoms with van der Waals surface area (Å²) in [5, 5.41) is 10.0. The SMILES string of the molecule is CCCCCCCCc1cnc(Oc2ccccc2)c(O)c1. The van der Waals surface area contributed by atoms with Crippen molar-refractivity contribution in [3.8, 4) is 17.4 Å². The number of unbranched alkanes of at least 4 members (excludes halogenated alkanes) is 5. The second-order valence-corrected chi connectivity index (χ2v) is 5.60. The Hall–Kier alpha value is -2.03. The van der Waals surface area contributed by atoms with Crippen LogP contribution in [0.5, 0.6) is 17.4 Å². The highest BCUT2D eigenvalue weighted by Crippen LogP contribution is 2.29. The molecule has 0 saturated carbocycles. The molecular formula is C19H25NO2. The van der Waals surface area contributed by atoms with Crippen molar-refractivity contribution in [2.24, 2.45) is 0 Å². The Labute approximate surface area is 133 Å². The second kappa shape index (κ2) is 9.08. The van der Waals surface area contributed by atoms with E-state index in [1.54, 1.807) is 12.3 Å². The molecule has 0 bridgehead atoms. The standard InChI is InChI=1S/C19H25NO2/c1-2-3-4-5-6-8-11-16-14-18(21)19(20-15-16)22-17-12-9-7-10-13-17/h7,9-10,12-15,21H,2-6,8,11H2,1H3. The van der Waals surface area contributed by atoms with Gasteiger partial charge in [0, 0.05) is 6.20 Å². The molecule has 0 amide bonds. The normalized spacial score (nSPS) is 10.6. The number of aryl methyl sites for hydroxylation is 1. The van der Waals surface area contributed by atoms with E-state index in [0.29, 0.717) is 5.75 Å². The van der Waals surface area contributed by atoms with Crippen molar-refractivity contribution in [2.45, 2.75) is 51.9 Å². The first-order valence-electron chi connectivity index (χ1n) is 8.20. The molecule has 0 radical (unpaired) electrons. The Morgan fingerprint density at radius 1 is 1.00 bits per heavy atom. The zero-order chi connectivity index (χ0) is 15.6. The zero-order valence-corrected chi connectivity index (χ0v) is 13.3. The van der Waals surface area contributed by atoms with E-state index in [2.05, 4.69) is 11.9 Å². The number of para-hydroxylation sites is 1. The molecule has 3 nitrogen and oxygen atoms in total. The number of nitrogens with zero attached hydrogens (tertiary/aromatic N) is 1. The fourth-order valence-corrected chi connectivity index (χ4v) is 2.41. The number of rotatable bonds is 9. The minimum absolute atomic E-state index is 0.104. The molecule has 1 heterocycles. The van der Waals surface area contributed by atoms with Gasteiger partial charge in [-0.2, -0.15) is 0 Å². The number of hydrogen-bond donors (Lipinski definition) is 1. The lowest BCUT2D eigenvalue weighted by molar-refractivity contribution is 0.396. The van der Waals surface area contributed by atoms with Crippen molar-refractivity contribution >= 4 is 0 Å². The average molecular weight is 299 g/mol. The van der Waals surface area contributed by atoms with E-state index < -0.39 is 0 Å². The summed E-state index contributed by atoms with van der Waals surface area (Å²) < 4.78 is 5.57. The summed E-state index contributed by atoms with van der Waals surface area (Å²) in [6, 6.07) is 11.1. The molecular weight excluding hydrogens is 274 g/mol. The van der Waals surface area contributed by atoms with Crippen LogP contribution in [0.25, 0.3) is 0 Å². The highest BCUT2D eigenvalue weighted by atomic mass is 16.5. The number of pyridine rings is 1. The molecule has 1 aromatic carbocycles. The Morgan fingerprint density at radius 3 is 2.45 bits per heavy atom. The van der Waals surface area contributed by atoms with E-state index in [1.807, 2.05) is 30.3 Å². The first-order valence-corrected chi connectivity index (χ1v) is 8.20. The monoisotopic (exact) mass is 299 g/mol. The Balaban J connectivity index is 1.82. The van der Waals surface area contributed by atoms with E-state index in [1.165, 1.54) is 32.1 Å². The minimum atomic E-state index is 0.104. The summed E-state index contributed by atoms with van der Waals surface area (Å²) in [7, 11) is 0. The van der Waals surface area contributed by atoms with Gasteiger partial charge in [0.1, 0.15) is 5.75 Å². The lowest BCUT2D eigenvalue weighted by atomic mass is 10.1. The van der Waals surface area contributed by atoms with Gasteiger partial charge in [-0.1, -0.05) is 57.2 Å². The van der Waals surface area contributed by atoms with Crippen LogP contribution in [0.3, 0.4) is 0 Å². The van der Waals surface area contributed by atoms with Crippen LogP contribution >= 0.6 is 0 Å². The topological polar surface area (TPSA) is 42.4 Å². The highest BCUT2D eigenvalue weighted by Gasteiger charge is 2.07. The number of hydrogen-bond acceptors (Lipinski definition) is 3. The average Bonchev–Trinajstić information content (AvgIpc) is 2.54. The van der Waals surface area contributed by atoms with Gasteiger partial charge in [-0.25, -0.2) is 4.98 Å². The molecule has 0 aliphatic rings. The summed E-state index contributed by atoms with van der Waals surface area (Å²) in [4.78, 5) is 4.23. The van der Waals surface area contributed by atoms with E-state index in [9.17, 15) is 5.11 Å². The fourth-order valence-electron chi connectivity index (χ4n) is 2.41. The third kappa shape index (κ3) is 5.40. The summed E-state index contributed by atoms with van der Waals surface area (Å²) >= 11 is 0. The minimum Gasteiger partial charge on any atom is -0.503 e. The maximum Gasteiger partial charge on any atom is 0.262 e. The van der Waals surface area contributed by atoms with E-state index in [-0.39, 0.29) is 11.6 Å². The van der Waals surface area contributed by atoms with E-state index in [0.717, 1.165) is 18.4 Å². The molecule has 118 valence electrons. The molecule has 0 aliphatic heterocycles. The molecule has 3 heteroatoms. The Morgan fingerprint density at radius 2 is 1.73 bits per heavy atom.